The van der Waals surface area contributed by atoms with E-state index in [9.17, 15) is 47.9 Å². The number of nitrogens with one attached hydrogen (secondary N) is 5. The van der Waals surface area contributed by atoms with E-state index in [-0.39, 0.29) is 36.3 Å². The van der Waals surface area contributed by atoms with Gasteiger partial charge in [-0.2, -0.15) is 0 Å². The summed E-state index contributed by atoms with van der Waals surface area (Å²) in [4.78, 5) is 116. The third-order valence-electron chi connectivity index (χ3n) is 4.51. The molecule has 0 atom stereocenters. The number of esters is 2. The second-order valence-electron chi connectivity index (χ2n) is 7.72. The Kier molecular flexibility index (Phi) is 14.6. The molecule has 1 aliphatic heterocycles. The molecule has 20 heteroatoms. The highest BCUT2D eigenvalue weighted by molar-refractivity contribution is 6.07. The van der Waals surface area contributed by atoms with Crippen molar-refractivity contribution in [2.45, 2.75) is 19.6 Å². The lowest BCUT2D eigenvalue weighted by Crippen LogP contribution is -2.36. The highest BCUT2D eigenvalue weighted by Crippen LogP contribution is 2.04. The van der Waals surface area contributed by atoms with Gasteiger partial charge in [0.05, 0.1) is 23.3 Å². The number of aliphatic hydroxyl groups excluding tert-OH is 1. The van der Waals surface area contributed by atoms with E-state index in [2.05, 4.69) is 15.3 Å². The number of carbonyl (C=O) groups is 6. The molecule has 3 rings (SSSR count). The first-order chi connectivity index (χ1) is 20.7. The summed E-state index contributed by atoms with van der Waals surface area (Å²) in [7, 11) is 0. The van der Waals surface area contributed by atoms with Gasteiger partial charge >= 0.3 is 35.3 Å². The molecule has 234 valence electrons. The summed E-state index contributed by atoms with van der Waals surface area (Å²) in [6.07, 6.45) is 6.30. The molecule has 1 aliphatic rings. The molecular weight excluding hydrogens is 598 g/mol. The van der Waals surface area contributed by atoms with E-state index in [1.165, 1.54) is 12.3 Å². The topological polar surface area (TPSA) is 325 Å². The number of H-pyrrole nitrogens is 4. The van der Waals surface area contributed by atoms with E-state index >= 15 is 0 Å². The molecule has 0 aromatic carbocycles. The molecule has 0 unspecified atom stereocenters. The molecular formula is C24H23N5O15. The van der Waals surface area contributed by atoms with E-state index in [0.29, 0.717) is 12.2 Å². The van der Waals surface area contributed by atoms with Crippen LogP contribution in [0.2, 0.25) is 0 Å². The van der Waals surface area contributed by atoms with Crippen molar-refractivity contribution in [3.63, 3.8) is 0 Å². The number of hydrogen-bond acceptors (Lipinski definition) is 13. The third kappa shape index (κ3) is 14.3. The van der Waals surface area contributed by atoms with Crippen LogP contribution < -0.4 is 27.8 Å². The molecule has 0 aliphatic carbocycles. The Labute approximate surface area is 242 Å². The van der Waals surface area contributed by atoms with Crippen LogP contribution in [-0.4, -0.2) is 77.6 Å². The highest BCUT2D eigenvalue weighted by atomic mass is 16.5. The Morgan fingerprint density at radius 1 is 0.727 bits per heavy atom. The van der Waals surface area contributed by atoms with Gasteiger partial charge in [0.1, 0.15) is 13.2 Å². The van der Waals surface area contributed by atoms with Crippen LogP contribution in [0.15, 0.2) is 67.5 Å². The first-order valence-electron chi connectivity index (χ1n) is 11.6. The minimum absolute atomic E-state index is 0.00463. The first kappa shape index (κ1) is 35.6. The zero-order valence-corrected chi connectivity index (χ0v) is 22.1. The minimum Gasteiger partial charge on any atom is -0.478 e. The summed E-state index contributed by atoms with van der Waals surface area (Å²) in [6, 6.07) is 0. The lowest BCUT2D eigenvalue weighted by atomic mass is 10.1. The SMILES string of the molecule is O=C(O)/C=C/C(=O)O.O=C1CC=C(COC(=O)/C=C/C(=O)OCc2c[nH]c(=O)[nH]c2=O)C(=O)N1.O=c1[nH]cc(CO)c(=O)[nH]1. The van der Waals surface area contributed by atoms with Crippen LogP contribution in [0.3, 0.4) is 0 Å². The average Bonchev–Trinajstić information content (AvgIpc) is 2.95. The van der Waals surface area contributed by atoms with Crippen molar-refractivity contribution in [2.75, 3.05) is 6.61 Å². The number of hydrogen-bond donors (Lipinski definition) is 8. The van der Waals surface area contributed by atoms with Gasteiger partial charge in [-0.3, -0.25) is 34.5 Å². The fourth-order valence-corrected chi connectivity index (χ4v) is 2.46. The molecule has 8 N–H and O–H groups in total. The van der Waals surface area contributed by atoms with Crippen LogP contribution in [0.25, 0.3) is 0 Å². The van der Waals surface area contributed by atoms with Gasteiger partial charge in [-0.1, -0.05) is 6.08 Å². The molecule has 2 aromatic heterocycles. The standard InChI is InChI=1S/C15H13N3O8.C5H6N2O3.C4H4O4/c19-10-2-1-8(13(22)17-10)6-25-11(20)3-4-12(21)26-7-9-5-16-15(24)18-14(9)23;8-2-3-1-6-5(10)7-4(3)9;5-3(6)1-2-4(7)8/h1,3-5H,2,6-7H2,(H,17,19,22)(H2,16,18,23,24);1,8H,2H2,(H2,6,7,9,10);1-2H,(H,5,6)(H,7,8)/b4-3+;;2-1+. The van der Waals surface area contributed by atoms with E-state index in [0.717, 1.165) is 18.3 Å². The van der Waals surface area contributed by atoms with Crippen molar-refractivity contribution in [1.29, 1.82) is 0 Å². The Bertz CT molecular complexity index is 1710. The van der Waals surface area contributed by atoms with Crippen LogP contribution in [-0.2, 0) is 51.5 Å². The summed E-state index contributed by atoms with van der Waals surface area (Å²) >= 11 is 0. The summed E-state index contributed by atoms with van der Waals surface area (Å²) < 4.78 is 9.50. The van der Waals surface area contributed by atoms with Crippen LogP contribution in [0.4, 0.5) is 0 Å². The van der Waals surface area contributed by atoms with E-state index in [1.54, 1.807) is 0 Å². The normalized spacial score (nSPS) is 12.2. The number of imide groups is 1. The Balaban J connectivity index is 0.000000437. The van der Waals surface area contributed by atoms with E-state index in [1.807, 2.05) is 9.97 Å². The van der Waals surface area contributed by atoms with Crippen molar-refractivity contribution in [3.8, 4) is 0 Å². The summed E-state index contributed by atoms with van der Waals surface area (Å²) in [5.74, 6) is -5.44. The van der Waals surface area contributed by atoms with Crippen LogP contribution >= 0.6 is 0 Å². The number of rotatable bonds is 9. The first-order valence-corrected chi connectivity index (χ1v) is 11.6. The second-order valence-corrected chi connectivity index (χ2v) is 7.72. The van der Waals surface area contributed by atoms with Gasteiger partial charge in [-0.05, 0) is 0 Å². The largest absolute Gasteiger partial charge is 0.478 e. The van der Waals surface area contributed by atoms with Gasteiger partial charge in [0.2, 0.25) is 5.91 Å². The quantitative estimate of drug-likeness (QED) is 0.0763. The molecule has 0 saturated carbocycles. The Morgan fingerprint density at radius 2 is 1.20 bits per heavy atom. The average molecular weight is 621 g/mol. The fourth-order valence-electron chi connectivity index (χ4n) is 2.46. The highest BCUT2D eigenvalue weighted by Gasteiger charge is 2.19. The van der Waals surface area contributed by atoms with Gasteiger partial charge in [-0.25, -0.2) is 28.8 Å². The number of amides is 2. The molecule has 0 fully saturated rings. The smallest absolute Gasteiger partial charge is 0.331 e. The maximum atomic E-state index is 11.5. The third-order valence-corrected chi connectivity index (χ3v) is 4.51. The molecule has 3 heterocycles. The molecule has 2 amide bonds. The molecule has 0 radical (unpaired) electrons. The summed E-state index contributed by atoms with van der Waals surface area (Å²) in [6.45, 7) is -1.14. The number of aliphatic carboxylic acids is 2. The maximum absolute atomic E-state index is 11.5. The summed E-state index contributed by atoms with van der Waals surface area (Å²) in [5.41, 5.74) is -2.24. The van der Waals surface area contributed by atoms with Crippen molar-refractivity contribution in [1.82, 2.24) is 25.3 Å². The van der Waals surface area contributed by atoms with E-state index < -0.39 is 64.8 Å². The monoisotopic (exact) mass is 621 g/mol. The molecule has 20 nitrogen and oxygen atoms in total. The lowest BCUT2D eigenvalue weighted by Gasteiger charge is -2.11. The van der Waals surface area contributed by atoms with Gasteiger partial charge in [0.15, 0.2) is 0 Å². The molecule has 0 spiro atoms. The van der Waals surface area contributed by atoms with Gasteiger partial charge in [-0.15, -0.1) is 0 Å². The van der Waals surface area contributed by atoms with Gasteiger partial charge in [0.25, 0.3) is 17.0 Å². The predicted octanol–water partition coefficient (Wildman–Crippen LogP) is -3.55. The molecule has 2 aromatic rings. The van der Waals surface area contributed by atoms with Crippen LogP contribution in [0.5, 0.6) is 0 Å². The second kappa shape index (κ2) is 18.1. The summed E-state index contributed by atoms with van der Waals surface area (Å²) in [5, 5.41) is 26.2. The van der Waals surface area contributed by atoms with Crippen molar-refractivity contribution >= 4 is 35.7 Å². The lowest BCUT2D eigenvalue weighted by molar-refractivity contribution is -0.141. The van der Waals surface area contributed by atoms with Crippen molar-refractivity contribution < 1.29 is 53.6 Å². The van der Waals surface area contributed by atoms with Crippen LogP contribution in [0.1, 0.15) is 17.5 Å². The van der Waals surface area contributed by atoms with Gasteiger partial charge in [0, 0.05) is 43.1 Å². The van der Waals surface area contributed by atoms with Crippen molar-refractivity contribution in [3.05, 3.63) is 101 Å². The zero-order chi connectivity index (χ0) is 33.2. The zero-order valence-electron chi connectivity index (χ0n) is 22.1. The number of carbonyl (C=O) groups excluding carboxylic acids is 4. The number of aromatic amines is 4. The molecule has 44 heavy (non-hydrogen) atoms. The Hall–Kier alpha value is -6.44. The predicted molar refractivity (Wildman–Crippen MR) is 141 cm³/mol. The maximum Gasteiger partial charge on any atom is 0.331 e. The van der Waals surface area contributed by atoms with Crippen LogP contribution in [0, 0.1) is 0 Å². The van der Waals surface area contributed by atoms with Gasteiger partial charge < -0.3 is 34.8 Å². The molecule has 0 saturated heterocycles. The molecule has 0 bridgehead atoms. The number of carboxylic acid groups (broad SMARTS) is 2. The number of aromatic nitrogens is 4. The number of ether oxygens (including phenoxy) is 2. The number of aliphatic hydroxyl groups is 1. The minimum atomic E-state index is -1.26. The fraction of sp³-hybridized carbons (Fsp3) is 0.167. The Morgan fingerprint density at radius 3 is 1.64 bits per heavy atom. The van der Waals surface area contributed by atoms with Crippen molar-refractivity contribution in [2.24, 2.45) is 0 Å². The number of carboxylic acids is 2. The van der Waals surface area contributed by atoms with E-state index in [4.69, 9.17) is 24.8 Å².